The molecule has 3 N–H and O–H groups in total. The van der Waals surface area contributed by atoms with Crippen LogP contribution in [-0.4, -0.2) is 36.8 Å². The van der Waals surface area contributed by atoms with Crippen LogP contribution >= 0.6 is 0 Å². The lowest BCUT2D eigenvalue weighted by molar-refractivity contribution is -0.117. The van der Waals surface area contributed by atoms with Crippen molar-refractivity contribution < 1.29 is 14.6 Å². The van der Waals surface area contributed by atoms with Gasteiger partial charge >= 0.3 is 0 Å². The highest BCUT2D eigenvalue weighted by Crippen LogP contribution is 2.23. The zero-order chi connectivity index (χ0) is 12.3. The molecule has 1 unspecified atom stereocenters. The average molecular weight is 236 g/mol. The molecule has 2 rings (SSSR count). The normalized spacial score (nSPS) is 19.8. The van der Waals surface area contributed by atoms with Gasteiger partial charge in [0, 0.05) is 24.7 Å². The van der Waals surface area contributed by atoms with Gasteiger partial charge in [-0.05, 0) is 24.3 Å². The molecule has 0 radical (unpaired) electrons. The van der Waals surface area contributed by atoms with E-state index in [-0.39, 0.29) is 25.2 Å². The molecule has 0 aliphatic carbocycles. The Morgan fingerprint density at radius 1 is 1.41 bits per heavy atom. The van der Waals surface area contributed by atoms with Crippen molar-refractivity contribution in [3.8, 4) is 5.75 Å². The van der Waals surface area contributed by atoms with Gasteiger partial charge in [-0.25, -0.2) is 0 Å². The molecule has 0 spiro atoms. The first kappa shape index (κ1) is 11.9. The molecule has 0 aromatic heterocycles. The van der Waals surface area contributed by atoms with Gasteiger partial charge < -0.3 is 20.5 Å². The maximum atomic E-state index is 11.6. The van der Waals surface area contributed by atoms with E-state index < -0.39 is 0 Å². The molecule has 1 fully saturated rings. The standard InChI is InChI=1S/C12H16N2O3/c13-9-7-12(16)14(8-9)10-1-3-11(4-2-10)17-6-5-15/h1-4,9,15H,5-8,13H2. The lowest BCUT2D eigenvalue weighted by atomic mass is 10.3. The summed E-state index contributed by atoms with van der Waals surface area (Å²) in [5.74, 6) is 0.736. The minimum atomic E-state index is -0.0761. The molecular formula is C12H16N2O3. The monoisotopic (exact) mass is 236 g/mol. The highest BCUT2D eigenvalue weighted by Gasteiger charge is 2.27. The molecule has 1 aliphatic heterocycles. The summed E-state index contributed by atoms with van der Waals surface area (Å²) >= 11 is 0. The zero-order valence-electron chi connectivity index (χ0n) is 9.50. The molecule has 92 valence electrons. The Morgan fingerprint density at radius 2 is 2.12 bits per heavy atom. The van der Waals surface area contributed by atoms with Crippen molar-refractivity contribution in [1.82, 2.24) is 0 Å². The number of benzene rings is 1. The van der Waals surface area contributed by atoms with Crippen LogP contribution < -0.4 is 15.4 Å². The number of carbonyl (C=O) groups excluding carboxylic acids is 1. The van der Waals surface area contributed by atoms with Gasteiger partial charge in [0.25, 0.3) is 0 Å². The maximum absolute atomic E-state index is 11.6. The second-order valence-electron chi connectivity index (χ2n) is 4.03. The van der Waals surface area contributed by atoms with Crippen LogP contribution in [0.15, 0.2) is 24.3 Å². The Hall–Kier alpha value is -1.59. The second kappa shape index (κ2) is 5.16. The number of aliphatic hydroxyl groups excluding tert-OH is 1. The van der Waals surface area contributed by atoms with E-state index in [0.29, 0.717) is 18.7 Å². The molecule has 1 aromatic rings. The first-order valence-electron chi connectivity index (χ1n) is 5.60. The van der Waals surface area contributed by atoms with Gasteiger partial charge in [-0.1, -0.05) is 0 Å². The minimum Gasteiger partial charge on any atom is -0.491 e. The Balaban J connectivity index is 2.05. The van der Waals surface area contributed by atoms with E-state index in [2.05, 4.69) is 0 Å². The largest absolute Gasteiger partial charge is 0.491 e. The molecule has 1 saturated heterocycles. The summed E-state index contributed by atoms with van der Waals surface area (Å²) in [4.78, 5) is 13.3. The molecule has 17 heavy (non-hydrogen) atoms. The highest BCUT2D eigenvalue weighted by molar-refractivity contribution is 5.96. The van der Waals surface area contributed by atoms with Gasteiger partial charge in [0.1, 0.15) is 12.4 Å². The van der Waals surface area contributed by atoms with Crippen LogP contribution in [0.5, 0.6) is 5.75 Å². The van der Waals surface area contributed by atoms with Gasteiger partial charge in [-0.2, -0.15) is 0 Å². The summed E-state index contributed by atoms with van der Waals surface area (Å²) in [6, 6.07) is 7.13. The molecule has 0 bridgehead atoms. The average Bonchev–Trinajstić information content (AvgIpc) is 2.66. The molecule has 0 saturated carbocycles. The van der Waals surface area contributed by atoms with Gasteiger partial charge in [-0.15, -0.1) is 0 Å². The smallest absolute Gasteiger partial charge is 0.228 e. The van der Waals surface area contributed by atoms with Gasteiger partial charge in [-0.3, -0.25) is 4.79 Å². The first-order valence-corrected chi connectivity index (χ1v) is 5.60. The Bertz CT molecular complexity index is 391. The summed E-state index contributed by atoms with van der Waals surface area (Å²) < 4.78 is 5.24. The predicted octanol–water partition coefficient (Wildman–Crippen LogP) is 0.122. The van der Waals surface area contributed by atoms with Crippen molar-refractivity contribution in [2.24, 2.45) is 5.73 Å². The van der Waals surface area contributed by atoms with Crippen molar-refractivity contribution >= 4 is 11.6 Å². The van der Waals surface area contributed by atoms with Crippen molar-refractivity contribution in [3.05, 3.63) is 24.3 Å². The SMILES string of the molecule is NC1CC(=O)N(c2ccc(OCCO)cc2)C1. The molecule has 1 atom stereocenters. The zero-order valence-corrected chi connectivity index (χ0v) is 9.50. The number of hydrogen-bond donors (Lipinski definition) is 2. The first-order chi connectivity index (χ1) is 8.20. The lowest BCUT2D eigenvalue weighted by Gasteiger charge is -2.16. The molecule has 5 nitrogen and oxygen atoms in total. The van der Waals surface area contributed by atoms with Gasteiger partial charge in [0.15, 0.2) is 0 Å². The molecule has 1 aromatic carbocycles. The molecule has 5 heteroatoms. The molecule has 1 heterocycles. The fourth-order valence-corrected chi connectivity index (χ4v) is 1.87. The summed E-state index contributed by atoms with van der Waals surface area (Å²) in [7, 11) is 0. The predicted molar refractivity (Wildman–Crippen MR) is 64.0 cm³/mol. The van der Waals surface area contributed by atoms with E-state index >= 15 is 0 Å². The Kier molecular flexibility index (Phi) is 3.61. The number of aliphatic hydroxyl groups is 1. The van der Waals surface area contributed by atoms with Crippen LogP contribution in [0.4, 0.5) is 5.69 Å². The van der Waals surface area contributed by atoms with Crippen molar-refractivity contribution in [1.29, 1.82) is 0 Å². The van der Waals surface area contributed by atoms with Crippen LogP contribution in [0.1, 0.15) is 6.42 Å². The number of hydrogen-bond acceptors (Lipinski definition) is 4. The number of ether oxygens (including phenoxy) is 1. The van der Waals surface area contributed by atoms with E-state index in [0.717, 1.165) is 5.69 Å². The summed E-state index contributed by atoms with van der Waals surface area (Å²) in [5, 5.41) is 8.63. The van der Waals surface area contributed by atoms with E-state index in [4.69, 9.17) is 15.6 Å². The fourth-order valence-electron chi connectivity index (χ4n) is 1.87. The van der Waals surface area contributed by atoms with Crippen LogP contribution in [0.25, 0.3) is 0 Å². The third kappa shape index (κ3) is 2.75. The maximum Gasteiger partial charge on any atom is 0.228 e. The fraction of sp³-hybridized carbons (Fsp3) is 0.417. The van der Waals surface area contributed by atoms with E-state index in [1.807, 2.05) is 12.1 Å². The Morgan fingerprint density at radius 3 is 2.65 bits per heavy atom. The number of amides is 1. The topological polar surface area (TPSA) is 75.8 Å². The van der Waals surface area contributed by atoms with Crippen molar-refractivity contribution in [3.63, 3.8) is 0 Å². The van der Waals surface area contributed by atoms with Crippen molar-refractivity contribution in [2.75, 3.05) is 24.7 Å². The molecule has 1 aliphatic rings. The summed E-state index contributed by atoms with van der Waals surface area (Å²) in [5.41, 5.74) is 6.57. The van der Waals surface area contributed by atoms with Crippen LogP contribution in [-0.2, 0) is 4.79 Å². The van der Waals surface area contributed by atoms with Crippen LogP contribution in [0.2, 0.25) is 0 Å². The summed E-state index contributed by atoms with van der Waals surface area (Å²) in [6.45, 7) is 0.823. The van der Waals surface area contributed by atoms with E-state index in [1.165, 1.54) is 0 Å². The Labute approximate surface area is 99.8 Å². The molecule has 1 amide bonds. The number of rotatable bonds is 4. The van der Waals surface area contributed by atoms with Crippen molar-refractivity contribution in [2.45, 2.75) is 12.5 Å². The number of nitrogens with two attached hydrogens (primary N) is 1. The number of carbonyl (C=O) groups is 1. The van der Waals surface area contributed by atoms with Crippen LogP contribution in [0, 0.1) is 0 Å². The third-order valence-electron chi connectivity index (χ3n) is 2.66. The van der Waals surface area contributed by atoms with Gasteiger partial charge in [0.05, 0.1) is 6.61 Å². The molecular weight excluding hydrogens is 220 g/mol. The third-order valence-corrected chi connectivity index (χ3v) is 2.66. The minimum absolute atomic E-state index is 0.0127. The number of anilines is 1. The summed E-state index contributed by atoms with van der Waals surface area (Å²) in [6.07, 6.45) is 0.406. The van der Waals surface area contributed by atoms with Gasteiger partial charge in [0.2, 0.25) is 5.91 Å². The second-order valence-corrected chi connectivity index (χ2v) is 4.03. The van der Waals surface area contributed by atoms with E-state index in [9.17, 15) is 4.79 Å². The lowest BCUT2D eigenvalue weighted by Crippen LogP contribution is -2.27. The number of nitrogens with zero attached hydrogens (tertiary/aromatic N) is 1. The van der Waals surface area contributed by atoms with E-state index in [1.54, 1.807) is 17.0 Å². The quantitative estimate of drug-likeness (QED) is 0.778. The van der Waals surface area contributed by atoms with Crippen LogP contribution in [0.3, 0.4) is 0 Å². The highest BCUT2D eigenvalue weighted by atomic mass is 16.5.